The SMILES string of the molecule is Cc1cc(/C=C/C(=O)/C=C/c2cc(C)no2)on1. The maximum absolute atomic E-state index is 11.5. The van der Waals surface area contributed by atoms with Crippen LogP contribution in [0.3, 0.4) is 0 Å². The smallest absolute Gasteiger partial charge is 0.178 e. The van der Waals surface area contributed by atoms with Crippen molar-refractivity contribution in [1.82, 2.24) is 10.3 Å². The number of carbonyl (C=O) groups is 1. The van der Waals surface area contributed by atoms with Crippen molar-refractivity contribution in [2.45, 2.75) is 13.8 Å². The van der Waals surface area contributed by atoms with Gasteiger partial charge < -0.3 is 9.05 Å². The van der Waals surface area contributed by atoms with Crippen LogP contribution in [0.2, 0.25) is 0 Å². The van der Waals surface area contributed by atoms with E-state index < -0.39 is 0 Å². The topological polar surface area (TPSA) is 69.1 Å². The Kier molecular flexibility index (Phi) is 3.52. The van der Waals surface area contributed by atoms with Crippen molar-refractivity contribution in [3.05, 3.63) is 47.2 Å². The van der Waals surface area contributed by atoms with Gasteiger partial charge in [-0.25, -0.2) is 0 Å². The molecule has 0 saturated carbocycles. The van der Waals surface area contributed by atoms with Crippen LogP contribution in [0.15, 0.2) is 33.3 Å². The Morgan fingerprint density at radius 3 is 1.78 bits per heavy atom. The second kappa shape index (κ2) is 5.27. The summed E-state index contributed by atoms with van der Waals surface area (Å²) in [6.07, 6.45) is 5.94. The summed E-state index contributed by atoms with van der Waals surface area (Å²) in [6, 6.07) is 3.49. The van der Waals surface area contributed by atoms with Crippen molar-refractivity contribution < 1.29 is 13.8 Å². The van der Waals surface area contributed by atoms with Crippen molar-refractivity contribution in [3.63, 3.8) is 0 Å². The van der Waals surface area contributed by atoms with Crippen molar-refractivity contribution in [2.24, 2.45) is 0 Å². The van der Waals surface area contributed by atoms with E-state index in [1.165, 1.54) is 12.2 Å². The second-order valence-electron chi connectivity index (χ2n) is 3.81. The average Bonchev–Trinajstić information content (AvgIpc) is 2.93. The summed E-state index contributed by atoms with van der Waals surface area (Å²) >= 11 is 0. The fourth-order valence-electron chi connectivity index (χ4n) is 1.31. The molecule has 0 unspecified atom stereocenters. The van der Waals surface area contributed by atoms with Crippen molar-refractivity contribution >= 4 is 17.9 Å². The van der Waals surface area contributed by atoms with Gasteiger partial charge in [-0.3, -0.25) is 4.79 Å². The fourth-order valence-corrected chi connectivity index (χ4v) is 1.31. The van der Waals surface area contributed by atoms with Gasteiger partial charge in [0.2, 0.25) is 0 Å². The molecule has 0 aromatic carbocycles. The molecule has 0 saturated heterocycles. The predicted molar refractivity (Wildman–Crippen MR) is 65.6 cm³/mol. The highest BCUT2D eigenvalue weighted by Crippen LogP contribution is 2.06. The zero-order chi connectivity index (χ0) is 13.0. The molecule has 0 atom stereocenters. The minimum absolute atomic E-state index is 0.168. The summed E-state index contributed by atoms with van der Waals surface area (Å²) in [5.74, 6) is 0.924. The van der Waals surface area contributed by atoms with E-state index in [0.29, 0.717) is 11.5 Å². The molecular weight excluding hydrogens is 232 g/mol. The molecule has 0 N–H and O–H groups in total. The first-order valence-corrected chi connectivity index (χ1v) is 5.40. The standard InChI is InChI=1S/C13H12N2O3/c1-9-7-12(17-14-9)5-3-11(16)4-6-13-8-10(2)15-18-13/h3-8H,1-2H3/b5-3+,6-4+. The van der Waals surface area contributed by atoms with Gasteiger partial charge in [0.15, 0.2) is 17.3 Å². The first-order valence-electron chi connectivity index (χ1n) is 5.40. The molecule has 0 aliphatic rings. The molecule has 2 aromatic heterocycles. The van der Waals surface area contributed by atoms with Crippen LogP contribution in [0.5, 0.6) is 0 Å². The molecule has 92 valence electrons. The highest BCUT2D eigenvalue weighted by molar-refractivity contribution is 6.04. The van der Waals surface area contributed by atoms with Gasteiger partial charge in [0.1, 0.15) is 0 Å². The summed E-state index contributed by atoms with van der Waals surface area (Å²) in [4.78, 5) is 11.5. The van der Waals surface area contributed by atoms with Gasteiger partial charge in [0.25, 0.3) is 0 Å². The third kappa shape index (κ3) is 3.28. The Balaban J connectivity index is 1.96. The fraction of sp³-hybridized carbons (Fsp3) is 0.154. The molecule has 0 aliphatic heterocycles. The van der Waals surface area contributed by atoms with Crippen molar-refractivity contribution in [3.8, 4) is 0 Å². The minimum Gasteiger partial charge on any atom is -0.357 e. The largest absolute Gasteiger partial charge is 0.357 e. The molecule has 5 nitrogen and oxygen atoms in total. The zero-order valence-corrected chi connectivity index (χ0v) is 10.1. The summed E-state index contributed by atoms with van der Waals surface area (Å²) in [5, 5.41) is 7.42. The summed E-state index contributed by atoms with van der Waals surface area (Å²) < 4.78 is 9.88. The molecule has 18 heavy (non-hydrogen) atoms. The maximum atomic E-state index is 11.5. The van der Waals surface area contributed by atoms with Crippen LogP contribution in [-0.4, -0.2) is 16.1 Å². The van der Waals surface area contributed by atoms with E-state index in [2.05, 4.69) is 10.3 Å². The number of allylic oxidation sites excluding steroid dienone is 2. The number of hydrogen-bond donors (Lipinski definition) is 0. The molecule has 2 rings (SSSR count). The molecule has 0 radical (unpaired) electrons. The van der Waals surface area contributed by atoms with Gasteiger partial charge in [-0.05, 0) is 38.2 Å². The lowest BCUT2D eigenvalue weighted by atomic mass is 10.2. The first-order chi connectivity index (χ1) is 8.63. The molecule has 0 amide bonds. The average molecular weight is 244 g/mol. The number of aryl methyl sites for hydroxylation is 2. The number of aromatic nitrogens is 2. The van der Waals surface area contributed by atoms with E-state index in [9.17, 15) is 4.79 Å². The van der Waals surface area contributed by atoms with Crippen LogP contribution in [0.1, 0.15) is 22.9 Å². The van der Waals surface area contributed by atoms with E-state index >= 15 is 0 Å². The lowest BCUT2D eigenvalue weighted by molar-refractivity contribution is -0.110. The molecular formula is C13H12N2O3. The molecule has 0 fully saturated rings. The second-order valence-corrected chi connectivity index (χ2v) is 3.81. The zero-order valence-electron chi connectivity index (χ0n) is 10.1. The molecule has 0 aliphatic carbocycles. The normalized spacial score (nSPS) is 11.7. The Labute approximate surface area is 104 Å². The quantitative estimate of drug-likeness (QED) is 0.773. The molecule has 5 heteroatoms. The van der Waals surface area contributed by atoms with E-state index in [1.807, 2.05) is 13.8 Å². The lowest BCUT2D eigenvalue weighted by Gasteiger charge is -1.82. The van der Waals surface area contributed by atoms with E-state index in [1.54, 1.807) is 24.3 Å². The molecule has 0 bridgehead atoms. The van der Waals surface area contributed by atoms with Crippen LogP contribution in [0.25, 0.3) is 12.2 Å². The third-order valence-corrected chi connectivity index (χ3v) is 2.12. The monoisotopic (exact) mass is 244 g/mol. The van der Waals surface area contributed by atoms with Crippen LogP contribution in [0, 0.1) is 13.8 Å². The van der Waals surface area contributed by atoms with Gasteiger partial charge in [-0.15, -0.1) is 0 Å². The van der Waals surface area contributed by atoms with E-state index in [-0.39, 0.29) is 5.78 Å². The van der Waals surface area contributed by atoms with Gasteiger partial charge >= 0.3 is 0 Å². The lowest BCUT2D eigenvalue weighted by Crippen LogP contribution is -1.83. The van der Waals surface area contributed by atoms with Crippen LogP contribution >= 0.6 is 0 Å². The van der Waals surface area contributed by atoms with Crippen molar-refractivity contribution in [1.29, 1.82) is 0 Å². The minimum atomic E-state index is -0.168. The number of hydrogen-bond acceptors (Lipinski definition) is 5. The van der Waals surface area contributed by atoms with Crippen LogP contribution in [-0.2, 0) is 4.79 Å². The summed E-state index contributed by atoms with van der Waals surface area (Å²) in [6.45, 7) is 3.63. The van der Waals surface area contributed by atoms with Crippen LogP contribution < -0.4 is 0 Å². The number of ketones is 1. The molecule has 2 aromatic rings. The summed E-state index contributed by atoms with van der Waals surface area (Å²) in [7, 11) is 0. The van der Waals surface area contributed by atoms with Gasteiger partial charge in [-0.2, -0.15) is 0 Å². The Bertz CT molecular complexity index is 553. The Morgan fingerprint density at radius 2 is 1.44 bits per heavy atom. The first kappa shape index (κ1) is 12.0. The number of carbonyl (C=O) groups excluding carboxylic acids is 1. The number of nitrogens with zero attached hydrogens (tertiary/aromatic N) is 2. The number of rotatable bonds is 4. The van der Waals surface area contributed by atoms with Gasteiger partial charge in [0.05, 0.1) is 11.4 Å². The third-order valence-electron chi connectivity index (χ3n) is 2.12. The highest BCUT2D eigenvalue weighted by atomic mass is 16.5. The van der Waals surface area contributed by atoms with Gasteiger partial charge in [0, 0.05) is 12.1 Å². The van der Waals surface area contributed by atoms with E-state index in [0.717, 1.165) is 11.4 Å². The predicted octanol–water partition coefficient (Wildman–Crippen LogP) is 2.58. The molecule has 2 heterocycles. The van der Waals surface area contributed by atoms with Crippen LogP contribution in [0.4, 0.5) is 0 Å². The Hall–Kier alpha value is -2.43. The maximum Gasteiger partial charge on any atom is 0.178 e. The molecule has 0 spiro atoms. The Morgan fingerprint density at radius 1 is 1.00 bits per heavy atom. The highest BCUT2D eigenvalue weighted by Gasteiger charge is 1.98. The van der Waals surface area contributed by atoms with E-state index in [4.69, 9.17) is 9.05 Å². The van der Waals surface area contributed by atoms with Crippen molar-refractivity contribution in [2.75, 3.05) is 0 Å². The summed E-state index contributed by atoms with van der Waals surface area (Å²) in [5.41, 5.74) is 1.55. The van der Waals surface area contributed by atoms with Gasteiger partial charge in [-0.1, -0.05) is 10.3 Å².